The molecule has 3 N–H and O–H groups in total. The Bertz CT molecular complexity index is 391. The van der Waals surface area contributed by atoms with Crippen molar-refractivity contribution in [3.8, 4) is 11.5 Å². The maximum atomic E-state index is 11.5. The number of methoxy groups -OCH3 is 2. The molecule has 0 fully saturated rings. The van der Waals surface area contributed by atoms with E-state index in [-0.39, 0.29) is 18.4 Å². The van der Waals surface area contributed by atoms with Crippen LogP contribution >= 0.6 is 0 Å². The number of nitrogens with two attached hydrogens (primary N) is 1. The monoisotopic (exact) mass is 282 g/mol. The lowest BCUT2D eigenvalue weighted by Crippen LogP contribution is -2.34. The molecule has 0 bridgehead atoms. The van der Waals surface area contributed by atoms with Crippen molar-refractivity contribution in [2.75, 3.05) is 33.9 Å². The predicted octanol–water partition coefficient (Wildman–Crippen LogP) is 0.554. The van der Waals surface area contributed by atoms with Crippen LogP contribution in [-0.4, -0.2) is 45.9 Å². The maximum absolute atomic E-state index is 11.5. The van der Waals surface area contributed by atoms with E-state index in [2.05, 4.69) is 5.32 Å². The summed E-state index contributed by atoms with van der Waals surface area (Å²) in [4.78, 5) is 11.5. The van der Waals surface area contributed by atoms with Crippen molar-refractivity contribution in [1.29, 1.82) is 0 Å². The summed E-state index contributed by atoms with van der Waals surface area (Å²) in [5.41, 5.74) is 5.45. The van der Waals surface area contributed by atoms with Gasteiger partial charge in [0.15, 0.2) is 0 Å². The van der Waals surface area contributed by atoms with Crippen LogP contribution in [-0.2, 0) is 9.53 Å². The Hall–Kier alpha value is -1.79. The molecule has 0 aliphatic carbocycles. The Morgan fingerprint density at radius 2 is 1.90 bits per heavy atom. The van der Waals surface area contributed by atoms with Crippen LogP contribution in [0.25, 0.3) is 0 Å². The van der Waals surface area contributed by atoms with Gasteiger partial charge in [0.05, 0.1) is 26.2 Å². The van der Waals surface area contributed by atoms with Crippen molar-refractivity contribution in [3.05, 3.63) is 24.3 Å². The van der Waals surface area contributed by atoms with E-state index in [1.165, 1.54) is 7.11 Å². The van der Waals surface area contributed by atoms with Gasteiger partial charge in [-0.2, -0.15) is 0 Å². The molecule has 0 aliphatic rings. The third-order valence-corrected chi connectivity index (χ3v) is 2.76. The Morgan fingerprint density at radius 3 is 2.45 bits per heavy atom. The smallest absolute Gasteiger partial charge is 0.222 e. The largest absolute Gasteiger partial charge is 0.497 e. The highest BCUT2D eigenvalue weighted by Crippen LogP contribution is 2.16. The number of carbonyl (C=O) groups excluding carboxylic acids is 1. The van der Waals surface area contributed by atoms with Crippen LogP contribution in [0.3, 0.4) is 0 Å². The molecule has 6 nitrogen and oxygen atoms in total. The minimum atomic E-state index is -0.238. The van der Waals surface area contributed by atoms with Crippen molar-refractivity contribution in [3.63, 3.8) is 0 Å². The number of nitrogens with one attached hydrogen (secondary N) is 1. The molecule has 0 heterocycles. The van der Waals surface area contributed by atoms with E-state index in [0.29, 0.717) is 19.7 Å². The van der Waals surface area contributed by atoms with Gasteiger partial charge in [-0.25, -0.2) is 0 Å². The molecule has 0 aromatic heterocycles. The van der Waals surface area contributed by atoms with Crippen LogP contribution in [0.2, 0.25) is 0 Å². The zero-order valence-corrected chi connectivity index (χ0v) is 11.9. The summed E-state index contributed by atoms with van der Waals surface area (Å²) in [6, 6.07) is 7.27. The summed E-state index contributed by atoms with van der Waals surface area (Å²) in [7, 11) is 3.15. The number of hydrogen-bond acceptors (Lipinski definition) is 5. The zero-order chi connectivity index (χ0) is 14.8. The van der Waals surface area contributed by atoms with Gasteiger partial charge in [0.1, 0.15) is 18.1 Å². The van der Waals surface area contributed by atoms with E-state index in [1.54, 1.807) is 7.11 Å². The van der Waals surface area contributed by atoms with E-state index in [0.717, 1.165) is 11.5 Å². The summed E-state index contributed by atoms with van der Waals surface area (Å²) < 4.78 is 15.6. The van der Waals surface area contributed by atoms with Crippen LogP contribution < -0.4 is 20.5 Å². The highest BCUT2D eigenvalue weighted by Gasteiger charge is 2.10. The number of rotatable bonds is 9. The van der Waals surface area contributed by atoms with E-state index >= 15 is 0 Å². The highest BCUT2D eigenvalue weighted by molar-refractivity contribution is 5.76. The molecule has 1 unspecified atom stereocenters. The van der Waals surface area contributed by atoms with Gasteiger partial charge in [-0.05, 0) is 24.3 Å². The Kier molecular flexibility index (Phi) is 7.46. The minimum Gasteiger partial charge on any atom is -0.497 e. The summed E-state index contributed by atoms with van der Waals surface area (Å²) >= 11 is 0. The summed E-state index contributed by atoms with van der Waals surface area (Å²) in [5, 5.41) is 2.75. The van der Waals surface area contributed by atoms with Crippen LogP contribution in [0.15, 0.2) is 24.3 Å². The molecule has 112 valence electrons. The topological polar surface area (TPSA) is 82.8 Å². The fraction of sp³-hybridized carbons (Fsp3) is 0.500. The van der Waals surface area contributed by atoms with Gasteiger partial charge in [-0.1, -0.05) is 0 Å². The fourth-order valence-corrected chi connectivity index (χ4v) is 1.57. The van der Waals surface area contributed by atoms with Gasteiger partial charge in [0, 0.05) is 13.7 Å². The molecule has 1 amide bonds. The lowest BCUT2D eigenvalue weighted by Gasteiger charge is -2.13. The number of hydrogen-bond donors (Lipinski definition) is 2. The highest BCUT2D eigenvalue weighted by atomic mass is 16.5. The van der Waals surface area contributed by atoms with Crippen LogP contribution in [0.1, 0.15) is 6.42 Å². The summed E-state index contributed by atoms with van der Waals surface area (Å²) in [5.74, 6) is 1.41. The molecule has 1 rings (SSSR count). The second-order valence-corrected chi connectivity index (χ2v) is 4.17. The van der Waals surface area contributed by atoms with Crippen molar-refractivity contribution in [2.45, 2.75) is 12.5 Å². The standard InChI is InChI=1S/C14H22N2O4/c1-18-11-3-5-12(6-4-11)20-8-7-16-14(17)9-13(10-15)19-2/h3-6,13H,7-10,15H2,1-2H3,(H,16,17). The molecule has 0 aliphatic heterocycles. The Balaban J connectivity index is 2.19. The average Bonchev–Trinajstić information content (AvgIpc) is 2.49. The van der Waals surface area contributed by atoms with E-state index in [9.17, 15) is 4.79 Å². The Labute approximate surface area is 119 Å². The second-order valence-electron chi connectivity index (χ2n) is 4.17. The molecule has 20 heavy (non-hydrogen) atoms. The molecule has 0 radical (unpaired) electrons. The molecule has 0 saturated carbocycles. The van der Waals surface area contributed by atoms with Crippen molar-refractivity contribution < 1.29 is 19.0 Å². The molecule has 1 atom stereocenters. The van der Waals surface area contributed by atoms with Gasteiger partial charge >= 0.3 is 0 Å². The first-order valence-corrected chi connectivity index (χ1v) is 6.46. The summed E-state index contributed by atoms with van der Waals surface area (Å²) in [6.07, 6.45) is 0.0210. The quantitative estimate of drug-likeness (QED) is 0.646. The normalized spacial score (nSPS) is 11.8. The SMILES string of the molecule is COc1ccc(OCCNC(=O)CC(CN)OC)cc1. The van der Waals surface area contributed by atoms with Crippen molar-refractivity contribution in [2.24, 2.45) is 5.73 Å². The molecule has 0 saturated heterocycles. The average molecular weight is 282 g/mol. The molecular weight excluding hydrogens is 260 g/mol. The van der Waals surface area contributed by atoms with Crippen LogP contribution in [0, 0.1) is 0 Å². The third kappa shape index (κ3) is 5.90. The molecule has 6 heteroatoms. The maximum Gasteiger partial charge on any atom is 0.222 e. The zero-order valence-electron chi connectivity index (χ0n) is 11.9. The van der Waals surface area contributed by atoms with Crippen LogP contribution in [0.5, 0.6) is 11.5 Å². The number of amides is 1. The summed E-state index contributed by atoms with van der Waals surface area (Å²) in [6.45, 7) is 1.16. The van der Waals surface area contributed by atoms with Crippen LogP contribution in [0.4, 0.5) is 0 Å². The van der Waals surface area contributed by atoms with E-state index in [1.807, 2.05) is 24.3 Å². The number of carbonyl (C=O) groups is 1. The molecule has 1 aromatic carbocycles. The van der Waals surface area contributed by atoms with E-state index in [4.69, 9.17) is 19.9 Å². The minimum absolute atomic E-state index is 0.0966. The lowest BCUT2D eigenvalue weighted by molar-refractivity contribution is -0.123. The number of ether oxygens (including phenoxy) is 3. The van der Waals surface area contributed by atoms with Gasteiger partial charge in [0.2, 0.25) is 5.91 Å². The third-order valence-electron chi connectivity index (χ3n) is 2.76. The van der Waals surface area contributed by atoms with Crippen molar-refractivity contribution >= 4 is 5.91 Å². The van der Waals surface area contributed by atoms with Gasteiger partial charge < -0.3 is 25.3 Å². The first kappa shape index (κ1) is 16.3. The molecular formula is C14H22N2O4. The van der Waals surface area contributed by atoms with Crippen molar-refractivity contribution in [1.82, 2.24) is 5.32 Å². The lowest BCUT2D eigenvalue weighted by atomic mass is 10.2. The second kappa shape index (κ2) is 9.17. The molecule has 0 spiro atoms. The first-order valence-electron chi connectivity index (χ1n) is 6.46. The Morgan fingerprint density at radius 1 is 1.25 bits per heavy atom. The fourth-order valence-electron chi connectivity index (χ4n) is 1.57. The predicted molar refractivity (Wildman–Crippen MR) is 76.0 cm³/mol. The van der Waals surface area contributed by atoms with Gasteiger partial charge in [-0.3, -0.25) is 4.79 Å². The van der Waals surface area contributed by atoms with Gasteiger partial charge in [-0.15, -0.1) is 0 Å². The first-order chi connectivity index (χ1) is 9.69. The van der Waals surface area contributed by atoms with Gasteiger partial charge in [0.25, 0.3) is 0 Å². The molecule has 1 aromatic rings. The number of benzene rings is 1. The van der Waals surface area contributed by atoms with E-state index < -0.39 is 0 Å².